The minimum Gasteiger partial charge on any atom is -0.462 e. The van der Waals surface area contributed by atoms with Gasteiger partial charge in [0.15, 0.2) is 0 Å². The normalized spacial score (nSPS) is 9.80. The second kappa shape index (κ2) is 4.99. The third-order valence-corrected chi connectivity index (χ3v) is 2.52. The van der Waals surface area contributed by atoms with Gasteiger partial charge in [-0.2, -0.15) is 0 Å². The first-order valence-corrected chi connectivity index (χ1v) is 5.07. The highest BCUT2D eigenvalue weighted by atomic mass is 35.5. The number of benzene rings is 1. The first-order valence-electron chi connectivity index (χ1n) is 4.69. The number of rotatable bonds is 3. The average Bonchev–Trinajstić information content (AvgIpc) is 2.21. The molecule has 15 heavy (non-hydrogen) atoms. The molecule has 3 heteroatoms. The quantitative estimate of drug-likeness (QED) is 0.582. The number of hydrogen-bond donors (Lipinski definition) is 0. The van der Waals surface area contributed by atoms with Crippen molar-refractivity contribution in [3.8, 4) is 0 Å². The summed E-state index contributed by atoms with van der Waals surface area (Å²) in [5.41, 5.74) is 1.93. The highest BCUT2D eigenvalue weighted by Crippen LogP contribution is 2.24. The Balaban J connectivity index is 3.01. The van der Waals surface area contributed by atoms with Gasteiger partial charge in [-0.1, -0.05) is 30.3 Å². The van der Waals surface area contributed by atoms with Crippen molar-refractivity contribution in [3.05, 3.63) is 40.9 Å². The van der Waals surface area contributed by atoms with Crippen LogP contribution in [0.5, 0.6) is 0 Å². The van der Waals surface area contributed by atoms with Crippen molar-refractivity contribution >= 4 is 23.1 Å². The Kier molecular flexibility index (Phi) is 3.92. The lowest BCUT2D eigenvalue weighted by Crippen LogP contribution is -2.06. The van der Waals surface area contributed by atoms with Crippen LogP contribution < -0.4 is 0 Å². The van der Waals surface area contributed by atoms with Crippen molar-refractivity contribution in [2.24, 2.45) is 0 Å². The predicted molar refractivity (Wildman–Crippen MR) is 61.9 cm³/mol. The molecule has 0 spiro atoms. The second-order valence-corrected chi connectivity index (χ2v) is 3.52. The highest BCUT2D eigenvalue weighted by Gasteiger charge is 2.13. The van der Waals surface area contributed by atoms with E-state index in [4.69, 9.17) is 16.3 Å². The number of hydrogen-bond acceptors (Lipinski definition) is 2. The molecular weight excluding hydrogens is 212 g/mol. The molecule has 1 rings (SSSR count). The van der Waals surface area contributed by atoms with Crippen LogP contribution in [0.25, 0.3) is 5.57 Å². The topological polar surface area (TPSA) is 26.3 Å². The minimum atomic E-state index is -0.400. The van der Waals surface area contributed by atoms with Gasteiger partial charge < -0.3 is 4.74 Å². The van der Waals surface area contributed by atoms with Crippen LogP contribution >= 0.6 is 11.6 Å². The highest BCUT2D eigenvalue weighted by molar-refractivity contribution is 6.32. The number of esters is 1. The van der Waals surface area contributed by atoms with Gasteiger partial charge in [0, 0.05) is 5.02 Å². The lowest BCUT2D eigenvalue weighted by molar-refractivity contribution is -0.136. The zero-order chi connectivity index (χ0) is 11.4. The summed E-state index contributed by atoms with van der Waals surface area (Å²) >= 11 is 5.95. The summed E-state index contributed by atoms with van der Waals surface area (Å²) in [4.78, 5) is 11.4. The van der Waals surface area contributed by atoms with E-state index in [0.717, 1.165) is 11.1 Å². The molecule has 1 aromatic rings. The molecule has 0 aliphatic carbocycles. The standard InChI is InChI=1S/C12H13ClO2/c1-4-15-12(14)9(3)10-6-5-7-11(13)8(10)2/h5-7H,3-4H2,1-2H3. The fourth-order valence-electron chi connectivity index (χ4n) is 1.26. The van der Waals surface area contributed by atoms with Gasteiger partial charge in [0.05, 0.1) is 12.2 Å². The summed E-state index contributed by atoms with van der Waals surface area (Å²) in [7, 11) is 0. The van der Waals surface area contributed by atoms with Gasteiger partial charge >= 0.3 is 5.97 Å². The zero-order valence-electron chi connectivity index (χ0n) is 8.84. The molecule has 1 aromatic carbocycles. The van der Waals surface area contributed by atoms with E-state index in [0.29, 0.717) is 17.2 Å². The van der Waals surface area contributed by atoms with Crippen molar-refractivity contribution in [1.29, 1.82) is 0 Å². The Labute approximate surface area is 94.5 Å². The number of carbonyl (C=O) groups is 1. The van der Waals surface area contributed by atoms with Crippen molar-refractivity contribution in [2.75, 3.05) is 6.61 Å². The van der Waals surface area contributed by atoms with Gasteiger partial charge in [-0.05, 0) is 31.0 Å². The molecule has 80 valence electrons. The van der Waals surface area contributed by atoms with E-state index in [9.17, 15) is 4.79 Å². The molecule has 0 fully saturated rings. The van der Waals surface area contributed by atoms with E-state index in [-0.39, 0.29) is 0 Å². The number of carbonyl (C=O) groups excluding carboxylic acids is 1. The zero-order valence-corrected chi connectivity index (χ0v) is 9.60. The van der Waals surface area contributed by atoms with Crippen LogP contribution in [0.4, 0.5) is 0 Å². The monoisotopic (exact) mass is 224 g/mol. The van der Waals surface area contributed by atoms with Crippen LogP contribution in [0.2, 0.25) is 5.02 Å². The van der Waals surface area contributed by atoms with Crippen molar-refractivity contribution < 1.29 is 9.53 Å². The Bertz CT molecular complexity index is 397. The molecule has 0 unspecified atom stereocenters. The summed E-state index contributed by atoms with van der Waals surface area (Å²) in [6.07, 6.45) is 0. The average molecular weight is 225 g/mol. The van der Waals surface area contributed by atoms with Gasteiger partial charge in [-0.15, -0.1) is 0 Å². The van der Waals surface area contributed by atoms with Gasteiger partial charge in [-0.25, -0.2) is 4.79 Å². The first-order chi connectivity index (χ1) is 7.07. The molecule has 0 radical (unpaired) electrons. The lowest BCUT2D eigenvalue weighted by Gasteiger charge is -2.09. The smallest absolute Gasteiger partial charge is 0.338 e. The Hall–Kier alpha value is -1.28. The van der Waals surface area contributed by atoms with Gasteiger partial charge in [0.2, 0.25) is 0 Å². The van der Waals surface area contributed by atoms with E-state index in [1.807, 2.05) is 6.92 Å². The Morgan fingerprint density at radius 2 is 2.20 bits per heavy atom. The van der Waals surface area contributed by atoms with E-state index in [1.165, 1.54) is 0 Å². The molecule has 0 aliphatic rings. The van der Waals surface area contributed by atoms with E-state index in [2.05, 4.69) is 6.58 Å². The third-order valence-electron chi connectivity index (χ3n) is 2.11. The van der Waals surface area contributed by atoms with Gasteiger partial charge in [-0.3, -0.25) is 0 Å². The Morgan fingerprint density at radius 1 is 1.53 bits per heavy atom. The fraction of sp³-hybridized carbons (Fsp3) is 0.250. The molecular formula is C12H13ClO2. The maximum Gasteiger partial charge on any atom is 0.338 e. The molecule has 0 aromatic heterocycles. The Morgan fingerprint density at radius 3 is 2.80 bits per heavy atom. The molecule has 0 bridgehead atoms. The second-order valence-electron chi connectivity index (χ2n) is 3.11. The number of halogens is 1. The first kappa shape index (κ1) is 11.8. The molecule has 0 heterocycles. The summed E-state index contributed by atoms with van der Waals surface area (Å²) in [5.74, 6) is -0.400. The predicted octanol–water partition coefficient (Wildman–Crippen LogP) is 3.22. The molecule has 0 saturated heterocycles. The van der Waals surface area contributed by atoms with Crippen LogP contribution in [-0.2, 0) is 9.53 Å². The lowest BCUT2D eigenvalue weighted by atomic mass is 10.0. The SMILES string of the molecule is C=C(C(=O)OCC)c1cccc(Cl)c1C. The summed E-state index contributed by atoms with van der Waals surface area (Å²) in [6.45, 7) is 7.67. The van der Waals surface area contributed by atoms with Crippen LogP contribution in [0.3, 0.4) is 0 Å². The van der Waals surface area contributed by atoms with Gasteiger partial charge in [0.1, 0.15) is 0 Å². The summed E-state index contributed by atoms with van der Waals surface area (Å²) in [5, 5.41) is 0.623. The van der Waals surface area contributed by atoms with Crippen LogP contribution in [0, 0.1) is 6.92 Å². The van der Waals surface area contributed by atoms with Crippen LogP contribution in [0.1, 0.15) is 18.1 Å². The van der Waals surface area contributed by atoms with Crippen molar-refractivity contribution in [3.63, 3.8) is 0 Å². The summed E-state index contributed by atoms with van der Waals surface area (Å²) in [6, 6.07) is 5.37. The number of ether oxygens (including phenoxy) is 1. The molecule has 0 saturated carbocycles. The molecule has 0 N–H and O–H groups in total. The largest absolute Gasteiger partial charge is 0.462 e. The molecule has 2 nitrogen and oxygen atoms in total. The fourth-order valence-corrected chi connectivity index (χ4v) is 1.44. The van der Waals surface area contributed by atoms with E-state index >= 15 is 0 Å². The third kappa shape index (κ3) is 2.60. The molecule has 0 aliphatic heterocycles. The van der Waals surface area contributed by atoms with E-state index < -0.39 is 5.97 Å². The molecule has 0 amide bonds. The molecule has 0 atom stereocenters. The van der Waals surface area contributed by atoms with Crippen LogP contribution in [0.15, 0.2) is 24.8 Å². The van der Waals surface area contributed by atoms with Crippen molar-refractivity contribution in [2.45, 2.75) is 13.8 Å². The van der Waals surface area contributed by atoms with E-state index in [1.54, 1.807) is 25.1 Å². The van der Waals surface area contributed by atoms with Crippen LogP contribution in [-0.4, -0.2) is 12.6 Å². The van der Waals surface area contributed by atoms with Crippen molar-refractivity contribution in [1.82, 2.24) is 0 Å². The maximum atomic E-state index is 11.4. The van der Waals surface area contributed by atoms with Gasteiger partial charge in [0.25, 0.3) is 0 Å². The minimum absolute atomic E-state index is 0.344. The maximum absolute atomic E-state index is 11.4. The summed E-state index contributed by atoms with van der Waals surface area (Å²) < 4.78 is 4.87.